The maximum Gasteiger partial charge on any atom is 0.308 e. The highest BCUT2D eigenvalue weighted by molar-refractivity contribution is 7.12. The standard InChI is InChI=1S/C15H17NO3S/c17-10-14(11-4-2-1-3-5-11)16-9-13-7-6-12(20-13)8-15(18)19/h1-7,14,16-17H,8-10H2,(H,18,19)/t14-/m0/s1. The number of nitrogens with one attached hydrogen (secondary N) is 1. The first kappa shape index (κ1) is 14.7. The highest BCUT2D eigenvalue weighted by atomic mass is 32.1. The van der Waals surface area contributed by atoms with Crippen molar-refractivity contribution in [3.63, 3.8) is 0 Å². The molecule has 0 aliphatic rings. The minimum absolute atomic E-state index is 0.0252. The molecule has 0 aliphatic heterocycles. The Morgan fingerprint density at radius 2 is 1.85 bits per heavy atom. The number of thiophene rings is 1. The van der Waals surface area contributed by atoms with Crippen LogP contribution in [0.5, 0.6) is 0 Å². The molecule has 4 nitrogen and oxygen atoms in total. The molecule has 20 heavy (non-hydrogen) atoms. The van der Waals surface area contributed by atoms with Gasteiger partial charge in [-0.05, 0) is 17.7 Å². The van der Waals surface area contributed by atoms with E-state index in [-0.39, 0.29) is 19.1 Å². The summed E-state index contributed by atoms with van der Waals surface area (Å²) in [4.78, 5) is 12.5. The topological polar surface area (TPSA) is 69.6 Å². The molecule has 0 spiro atoms. The van der Waals surface area contributed by atoms with Gasteiger partial charge in [-0.1, -0.05) is 30.3 Å². The molecule has 2 aromatic rings. The summed E-state index contributed by atoms with van der Waals surface area (Å²) < 4.78 is 0. The van der Waals surface area contributed by atoms with E-state index in [1.807, 2.05) is 42.5 Å². The molecule has 2 rings (SSSR count). The molecular formula is C15H17NO3S. The number of aliphatic hydroxyl groups excluding tert-OH is 1. The first-order valence-corrected chi connectivity index (χ1v) is 7.19. The lowest BCUT2D eigenvalue weighted by Gasteiger charge is -2.16. The van der Waals surface area contributed by atoms with Gasteiger partial charge in [0, 0.05) is 16.3 Å². The normalized spacial score (nSPS) is 12.2. The van der Waals surface area contributed by atoms with Gasteiger partial charge in [-0.15, -0.1) is 11.3 Å². The van der Waals surface area contributed by atoms with Crippen molar-refractivity contribution in [3.05, 3.63) is 57.8 Å². The van der Waals surface area contributed by atoms with Gasteiger partial charge in [0.2, 0.25) is 0 Å². The minimum Gasteiger partial charge on any atom is -0.481 e. The summed E-state index contributed by atoms with van der Waals surface area (Å²) in [7, 11) is 0. The van der Waals surface area contributed by atoms with E-state index in [1.54, 1.807) is 0 Å². The van der Waals surface area contributed by atoms with Gasteiger partial charge in [0.05, 0.1) is 19.1 Å². The third-order valence-electron chi connectivity index (χ3n) is 2.95. The number of hydrogen-bond donors (Lipinski definition) is 3. The second kappa shape index (κ2) is 7.19. The largest absolute Gasteiger partial charge is 0.481 e. The van der Waals surface area contributed by atoms with Crippen LogP contribution in [0.25, 0.3) is 0 Å². The van der Waals surface area contributed by atoms with E-state index in [9.17, 15) is 9.90 Å². The van der Waals surface area contributed by atoms with Crippen LogP contribution in [-0.4, -0.2) is 22.8 Å². The zero-order valence-corrected chi connectivity index (χ0v) is 11.8. The quantitative estimate of drug-likeness (QED) is 0.731. The zero-order chi connectivity index (χ0) is 14.4. The van der Waals surface area contributed by atoms with Crippen LogP contribution in [0.3, 0.4) is 0 Å². The Morgan fingerprint density at radius 3 is 2.50 bits per heavy atom. The Kier molecular flexibility index (Phi) is 5.29. The van der Waals surface area contributed by atoms with Crippen molar-refractivity contribution in [2.24, 2.45) is 0 Å². The summed E-state index contributed by atoms with van der Waals surface area (Å²) in [5.41, 5.74) is 1.04. The molecule has 5 heteroatoms. The number of rotatable bonds is 7. The van der Waals surface area contributed by atoms with Crippen molar-refractivity contribution >= 4 is 17.3 Å². The Hall–Kier alpha value is -1.69. The van der Waals surface area contributed by atoms with Crippen LogP contribution in [0.2, 0.25) is 0 Å². The lowest BCUT2D eigenvalue weighted by atomic mass is 10.1. The lowest BCUT2D eigenvalue weighted by Crippen LogP contribution is -2.23. The summed E-state index contributed by atoms with van der Waals surface area (Å²) in [6.07, 6.45) is 0.0623. The van der Waals surface area contributed by atoms with Crippen molar-refractivity contribution in [2.75, 3.05) is 6.61 Å². The highest BCUT2D eigenvalue weighted by Gasteiger charge is 2.10. The molecule has 1 aromatic carbocycles. The molecule has 0 amide bonds. The van der Waals surface area contributed by atoms with Crippen LogP contribution >= 0.6 is 11.3 Å². The van der Waals surface area contributed by atoms with E-state index in [0.717, 1.165) is 15.3 Å². The maximum absolute atomic E-state index is 10.6. The van der Waals surface area contributed by atoms with E-state index >= 15 is 0 Å². The van der Waals surface area contributed by atoms with E-state index in [4.69, 9.17) is 5.11 Å². The van der Waals surface area contributed by atoms with E-state index in [1.165, 1.54) is 11.3 Å². The fraction of sp³-hybridized carbons (Fsp3) is 0.267. The van der Waals surface area contributed by atoms with Crippen molar-refractivity contribution in [2.45, 2.75) is 19.0 Å². The van der Waals surface area contributed by atoms with Crippen LogP contribution in [-0.2, 0) is 17.8 Å². The van der Waals surface area contributed by atoms with E-state index < -0.39 is 5.97 Å². The van der Waals surface area contributed by atoms with Crippen LogP contribution in [0, 0.1) is 0 Å². The molecule has 0 fully saturated rings. The highest BCUT2D eigenvalue weighted by Crippen LogP contribution is 2.19. The van der Waals surface area contributed by atoms with Crippen LogP contribution in [0.4, 0.5) is 0 Å². The number of aliphatic carboxylic acids is 1. The molecule has 0 aliphatic carbocycles. The molecule has 106 valence electrons. The first-order chi connectivity index (χ1) is 9.69. The number of hydrogen-bond acceptors (Lipinski definition) is 4. The van der Waals surface area contributed by atoms with Crippen LogP contribution in [0.15, 0.2) is 42.5 Å². The second-order valence-electron chi connectivity index (χ2n) is 4.47. The molecule has 0 unspecified atom stereocenters. The molecule has 1 aromatic heterocycles. The van der Waals surface area contributed by atoms with Crippen LogP contribution < -0.4 is 5.32 Å². The summed E-state index contributed by atoms with van der Waals surface area (Å²) in [6, 6.07) is 13.4. The molecule has 1 heterocycles. The van der Waals surface area contributed by atoms with Crippen molar-refractivity contribution in [3.8, 4) is 0 Å². The number of carboxylic acid groups (broad SMARTS) is 1. The summed E-state index contributed by atoms with van der Waals surface area (Å²) in [6.45, 7) is 0.641. The monoisotopic (exact) mass is 291 g/mol. The second-order valence-corrected chi connectivity index (χ2v) is 5.72. The van der Waals surface area contributed by atoms with Gasteiger partial charge in [-0.25, -0.2) is 0 Å². The molecule has 3 N–H and O–H groups in total. The summed E-state index contributed by atoms with van der Waals surface area (Å²) in [5.74, 6) is -0.816. The average Bonchev–Trinajstić information content (AvgIpc) is 2.87. The zero-order valence-electron chi connectivity index (χ0n) is 11.0. The molecule has 1 atom stereocenters. The molecule has 0 saturated carbocycles. The van der Waals surface area contributed by atoms with Gasteiger partial charge in [-0.3, -0.25) is 4.79 Å². The van der Waals surface area contributed by atoms with Gasteiger partial charge >= 0.3 is 5.97 Å². The Morgan fingerprint density at radius 1 is 1.15 bits per heavy atom. The number of carboxylic acids is 1. The molecule has 0 saturated heterocycles. The molecule has 0 radical (unpaired) electrons. The predicted molar refractivity (Wildman–Crippen MR) is 78.8 cm³/mol. The van der Waals surface area contributed by atoms with Crippen molar-refractivity contribution in [1.82, 2.24) is 5.32 Å². The van der Waals surface area contributed by atoms with Gasteiger partial charge < -0.3 is 15.5 Å². The number of carbonyl (C=O) groups is 1. The fourth-order valence-corrected chi connectivity index (χ4v) is 2.92. The van der Waals surface area contributed by atoms with E-state index in [0.29, 0.717) is 6.54 Å². The van der Waals surface area contributed by atoms with Crippen molar-refractivity contribution < 1.29 is 15.0 Å². The fourth-order valence-electron chi connectivity index (χ4n) is 1.96. The average molecular weight is 291 g/mol. The van der Waals surface area contributed by atoms with Gasteiger partial charge in [0.25, 0.3) is 0 Å². The predicted octanol–water partition coefficient (Wildman–Crippen LogP) is 2.20. The third-order valence-corrected chi connectivity index (χ3v) is 4.04. The summed E-state index contributed by atoms with van der Waals surface area (Å²) in [5, 5.41) is 21.5. The van der Waals surface area contributed by atoms with E-state index in [2.05, 4.69) is 5.32 Å². The minimum atomic E-state index is -0.816. The van der Waals surface area contributed by atoms with Gasteiger partial charge in [0.1, 0.15) is 0 Å². The van der Waals surface area contributed by atoms with Gasteiger partial charge in [0.15, 0.2) is 0 Å². The Labute approximate surface area is 121 Å². The Bertz CT molecular complexity index is 553. The van der Waals surface area contributed by atoms with Crippen LogP contribution in [0.1, 0.15) is 21.4 Å². The first-order valence-electron chi connectivity index (χ1n) is 6.37. The lowest BCUT2D eigenvalue weighted by molar-refractivity contribution is -0.136. The SMILES string of the molecule is O=C(O)Cc1ccc(CN[C@@H](CO)c2ccccc2)s1. The molecule has 0 bridgehead atoms. The number of benzene rings is 1. The maximum atomic E-state index is 10.6. The number of aliphatic hydroxyl groups is 1. The van der Waals surface area contributed by atoms with Gasteiger partial charge in [-0.2, -0.15) is 0 Å². The third kappa shape index (κ3) is 4.16. The smallest absolute Gasteiger partial charge is 0.308 e. The molecular weight excluding hydrogens is 274 g/mol. The van der Waals surface area contributed by atoms with Crippen molar-refractivity contribution in [1.29, 1.82) is 0 Å². The Balaban J connectivity index is 1.93. The summed E-state index contributed by atoms with van der Waals surface area (Å²) >= 11 is 1.48.